The zero-order valence-electron chi connectivity index (χ0n) is 6.36. The number of rotatable bonds is 2. The molecule has 3 nitrogen and oxygen atoms in total. The smallest absolute Gasteiger partial charge is 0.190 e. The maximum atomic E-state index is 7.31. The van der Waals surface area contributed by atoms with Crippen molar-refractivity contribution in [1.29, 1.82) is 5.41 Å². The molecule has 0 aromatic rings. The van der Waals surface area contributed by atoms with E-state index in [-0.39, 0.29) is 0 Å². The van der Waals surface area contributed by atoms with E-state index in [9.17, 15) is 0 Å². The molecule has 0 spiro atoms. The molecule has 0 saturated heterocycles. The van der Waals surface area contributed by atoms with Gasteiger partial charge in [0.25, 0.3) is 0 Å². The quantitative estimate of drug-likeness (QED) is 0.420. The van der Waals surface area contributed by atoms with Gasteiger partial charge in [0.05, 0.1) is 0 Å². The summed E-state index contributed by atoms with van der Waals surface area (Å²) in [6, 6.07) is 0. The maximum absolute atomic E-state index is 7.31. The summed E-state index contributed by atoms with van der Waals surface area (Å²) in [7, 11) is 1.76. The molecule has 0 aromatic heterocycles. The molecule has 0 fully saturated rings. The molecule has 0 rings (SSSR count). The van der Waals surface area contributed by atoms with Crippen molar-refractivity contribution >= 4 is 5.96 Å². The van der Waals surface area contributed by atoms with E-state index >= 15 is 0 Å². The molecule has 0 radical (unpaired) electrons. The van der Waals surface area contributed by atoms with Gasteiger partial charge in [-0.25, -0.2) is 0 Å². The van der Waals surface area contributed by atoms with Gasteiger partial charge in [-0.3, -0.25) is 5.41 Å². The van der Waals surface area contributed by atoms with E-state index < -0.39 is 0 Å². The van der Waals surface area contributed by atoms with Gasteiger partial charge in [0, 0.05) is 20.1 Å². The summed E-state index contributed by atoms with van der Waals surface area (Å²) in [4.78, 5) is 1.94. The lowest BCUT2D eigenvalue weighted by molar-refractivity contribution is 0.448. The second-order valence-corrected chi connectivity index (χ2v) is 1.77. The van der Waals surface area contributed by atoms with Crippen LogP contribution in [-0.4, -0.2) is 31.0 Å². The minimum absolute atomic E-state index is 0.500. The molecule has 0 aliphatic heterocycles. The van der Waals surface area contributed by atoms with Gasteiger partial charge in [-0.05, 0) is 13.8 Å². The van der Waals surface area contributed by atoms with Crippen molar-refractivity contribution in [3.05, 3.63) is 0 Å². The first kappa shape index (κ1) is 8.27. The largest absolute Gasteiger partial charge is 0.359 e. The molecule has 0 saturated carbocycles. The Balaban J connectivity index is 3.64. The van der Waals surface area contributed by atoms with Gasteiger partial charge in [-0.15, -0.1) is 0 Å². The normalized spacial score (nSPS) is 8.78. The highest BCUT2D eigenvalue weighted by Crippen LogP contribution is 1.83. The number of hydrogen-bond acceptors (Lipinski definition) is 1. The molecule has 0 heterocycles. The molecule has 9 heavy (non-hydrogen) atoms. The Morgan fingerprint density at radius 2 is 1.89 bits per heavy atom. The van der Waals surface area contributed by atoms with E-state index in [1.54, 1.807) is 7.05 Å². The Morgan fingerprint density at radius 3 is 2.00 bits per heavy atom. The molecule has 3 heteroatoms. The van der Waals surface area contributed by atoms with Gasteiger partial charge in [0.15, 0.2) is 5.96 Å². The molecule has 0 amide bonds. The first-order valence-electron chi connectivity index (χ1n) is 3.27. The van der Waals surface area contributed by atoms with Crippen LogP contribution >= 0.6 is 0 Å². The van der Waals surface area contributed by atoms with Crippen LogP contribution in [0.5, 0.6) is 0 Å². The second-order valence-electron chi connectivity index (χ2n) is 1.77. The summed E-state index contributed by atoms with van der Waals surface area (Å²) in [6.07, 6.45) is 0. The third-order valence-electron chi connectivity index (χ3n) is 1.32. The molecule has 0 aliphatic rings. The summed E-state index contributed by atoms with van der Waals surface area (Å²) in [5.74, 6) is 0.500. The first-order chi connectivity index (χ1) is 4.26. The van der Waals surface area contributed by atoms with Gasteiger partial charge >= 0.3 is 0 Å². The fourth-order valence-corrected chi connectivity index (χ4v) is 0.698. The third-order valence-corrected chi connectivity index (χ3v) is 1.32. The average molecular weight is 129 g/mol. The number of nitrogens with one attached hydrogen (secondary N) is 2. The second kappa shape index (κ2) is 4.18. The van der Waals surface area contributed by atoms with E-state index in [4.69, 9.17) is 5.41 Å². The standard InChI is InChI=1S/C6H15N3/c1-4-9(5-2)6(7)8-3/h4-5H2,1-3H3,(H2,7,8). The predicted octanol–water partition coefficient (Wildman–Crippen LogP) is 0.482. The topological polar surface area (TPSA) is 39.1 Å². The zero-order valence-corrected chi connectivity index (χ0v) is 6.36. The SMILES string of the molecule is CCN(CC)C(=N)NC. The summed E-state index contributed by atoms with van der Waals surface area (Å²) >= 11 is 0. The monoisotopic (exact) mass is 129 g/mol. The van der Waals surface area contributed by atoms with Crippen molar-refractivity contribution in [3.63, 3.8) is 0 Å². The molecule has 0 atom stereocenters. The van der Waals surface area contributed by atoms with Crippen molar-refractivity contribution in [2.75, 3.05) is 20.1 Å². The zero-order chi connectivity index (χ0) is 7.28. The lowest BCUT2D eigenvalue weighted by Crippen LogP contribution is -2.38. The first-order valence-corrected chi connectivity index (χ1v) is 3.27. The predicted molar refractivity (Wildman–Crippen MR) is 39.7 cm³/mol. The van der Waals surface area contributed by atoms with Crippen molar-refractivity contribution in [1.82, 2.24) is 10.2 Å². The highest BCUT2D eigenvalue weighted by Gasteiger charge is 1.99. The molecule has 2 N–H and O–H groups in total. The van der Waals surface area contributed by atoms with Crippen LogP contribution in [0.25, 0.3) is 0 Å². The Bertz CT molecular complexity index is 86.3. The van der Waals surface area contributed by atoms with Crippen LogP contribution in [0.2, 0.25) is 0 Å². The van der Waals surface area contributed by atoms with Gasteiger partial charge in [0.1, 0.15) is 0 Å². The lowest BCUT2D eigenvalue weighted by Gasteiger charge is -2.20. The summed E-state index contributed by atoms with van der Waals surface area (Å²) in [5, 5.41) is 10.1. The number of hydrogen-bond donors (Lipinski definition) is 2. The summed E-state index contributed by atoms with van der Waals surface area (Å²) in [6.45, 7) is 5.87. The molecular formula is C6H15N3. The van der Waals surface area contributed by atoms with Gasteiger partial charge in [-0.2, -0.15) is 0 Å². The highest BCUT2D eigenvalue weighted by atomic mass is 15.3. The fourth-order valence-electron chi connectivity index (χ4n) is 0.698. The van der Waals surface area contributed by atoms with Crippen LogP contribution in [0.3, 0.4) is 0 Å². The average Bonchev–Trinajstić information content (AvgIpc) is 1.90. The minimum atomic E-state index is 0.500. The molecule has 0 aromatic carbocycles. The van der Waals surface area contributed by atoms with Crippen LogP contribution in [-0.2, 0) is 0 Å². The van der Waals surface area contributed by atoms with Gasteiger partial charge in [0.2, 0.25) is 0 Å². The van der Waals surface area contributed by atoms with E-state index in [0.29, 0.717) is 5.96 Å². The van der Waals surface area contributed by atoms with Gasteiger partial charge < -0.3 is 10.2 Å². The maximum Gasteiger partial charge on any atom is 0.190 e. The molecule has 0 unspecified atom stereocenters. The van der Waals surface area contributed by atoms with E-state index in [1.807, 2.05) is 18.7 Å². The van der Waals surface area contributed by atoms with Gasteiger partial charge in [-0.1, -0.05) is 0 Å². The van der Waals surface area contributed by atoms with Crippen molar-refractivity contribution in [2.45, 2.75) is 13.8 Å². The Hall–Kier alpha value is -0.730. The third kappa shape index (κ3) is 2.35. The van der Waals surface area contributed by atoms with Crippen molar-refractivity contribution < 1.29 is 0 Å². The van der Waals surface area contributed by atoms with E-state index in [0.717, 1.165) is 13.1 Å². The Morgan fingerprint density at radius 1 is 1.44 bits per heavy atom. The fraction of sp³-hybridized carbons (Fsp3) is 0.833. The Kier molecular flexibility index (Phi) is 3.84. The van der Waals surface area contributed by atoms with Crippen LogP contribution in [0.4, 0.5) is 0 Å². The minimum Gasteiger partial charge on any atom is -0.359 e. The van der Waals surface area contributed by atoms with E-state index in [2.05, 4.69) is 5.32 Å². The van der Waals surface area contributed by atoms with Crippen LogP contribution < -0.4 is 5.32 Å². The highest BCUT2D eigenvalue weighted by molar-refractivity contribution is 5.76. The number of nitrogens with zero attached hydrogens (tertiary/aromatic N) is 1. The summed E-state index contributed by atoms with van der Waals surface area (Å²) in [5.41, 5.74) is 0. The van der Waals surface area contributed by atoms with Crippen LogP contribution in [0, 0.1) is 5.41 Å². The summed E-state index contributed by atoms with van der Waals surface area (Å²) < 4.78 is 0. The van der Waals surface area contributed by atoms with Crippen LogP contribution in [0.15, 0.2) is 0 Å². The van der Waals surface area contributed by atoms with E-state index in [1.165, 1.54) is 0 Å². The van der Waals surface area contributed by atoms with Crippen LogP contribution in [0.1, 0.15) is 13.8 Å². The molecule has 0 aliphatic carbocycles. The number of guanidine groups is 1. The lowest BCUT2D eigenvalue weighted by atomic mass is 10.5. The van der Waals surface area contributed by atoms with Crippen molar-refractivity contribution in [3.8, 4) is 0 Å². The molecule has 54 valence electrons. The Labute approximate surface area is 56.6 Å². The van der Waals surface area contributed by atoms with Crippen molar-refractivity contribution in [2.24, 2.45) is 0 Å². The molecule has 0 bridgehead atoms. The molecular weight excluding hydrogens is 114 g/mol.